The zero-order valence-electron chi connectivity index (χ0n) is 26.0. The SMILES string of the molecule is CC1(C)c2cc(-c3cccnc3)ccc2-c2ccc(-c3ccc4cc(-c5ccc6nc7c8ccccc8oc7n6c5)ccc4c3)cc21. The van der Waals surface area contributed by atoms with Gasteiger partial charge in [-0.05, 0) is 121 Å². The Balaban J connectivity index is 0.999. The maximum absolute atomic E-state index is 6.20. The molecule has 4 heteroatoms. The minimum absolute atomic E-state index is 0.102. The summed E-state index contributed by atoms with van der Waals surface area (Å²) in [6.07, 6.45) is 5.90. The van der Waals surface area contributed by atoms with Crippen molar-refractivity contribution < 1.29 is 4.42 Å². The van der Waals surface area contributed by atoms with Crippen molar-refractivity contribution in [1.82, 2.24) is 14.4 Å². The van der Waals surface area contributed by atoms with Crippen LogP contribution in [0.3, 0.4) is 0 Å². The summed E-state index contributed by atoms with van der Waals surface area (Å²) in [5, 5.41) is 3.47. The molecular weight excluding hydrogens is 574 g/mol. The molecule has 5 aromatic carbocycles. The molecule has 0 spiro atoms. The Morgan fingerprint density at radius 3 is 1.96 bits per heavy atom. The fourth-order valence-corrected chi connectivity index (χ4v) is 7.56. The quantitative estimate of drug-likeness (QED) is 0.202. The van der Waals surface area contributed by atoms with E-state index < -0.39 is 0 Å². The van der Waals surface area contributed by atoms with Crippen LogP contribution >= 0.6 is 0 Å². The lowest BCUT2D eigenvalue weighted by Gasteiger charge is -2.22. The van der Waals surface area contributed by atoms with E-state index in [4.69, 9.17) is 9.40 Å². The smallest absolute Gasteiger partial charge is 0.232 e. The van der Waals surface area contributed by atoms with Gasteiger partial charge < -0.3 is 4.42 Å². The van der Waals surface area contributed by atoms with Crippen molar-refractivity contribution in [2.45, 2.75) is 19.3 Å². The van der Waals surface area contributed by atoms with Crippen molar-refractivity contribution in [2.24, 2.45) is 0 Å². The summed E-state index contributed by atoms with van der Waals surface area (Å²) in [5.41, 5.74) is 15.8. The Bertz CT molecular complexity index is 2710. The van der Waals surface area contributed by atoms with Gasteiger partial charge in [0.15, 0.2) is 0 Å². The molecule has 47 heavy (non-hydrogen) atoms. The molecule has 0 fully saturated rings. The number of imidazole rings is 1. The Morgan fingerprint density at radius 1 is 0.596 bits per heavy atom. The Kier molecular flexibility index (Phi) is 5.31. The van der Waals surface area contributed by atoms with E-state index in [1.807, 2.05) is 36.7 Å². The van der Waals surface area contributed by atoms with Gasteiger partial charge in [-0.25, -0.2) is 4.98 Å². The number of rotatable bonds is 3. The summed E-state index contributed by atoms with van der Waals surface area (Å²) in [7, 11) is 0. The molecule has 0 amide bonds. The van der Waals surface area contributed by atoms with Crippen molar-refractivity contribution in [3.05, 3.63) is 151 Å². The summed E-state index contributed by atoms with van der Waals surface area (Å²) < 4.78 is 8.26. The van der Waals surface area contributed by atoms with Gasteiger partial charge in [0.25, 0.3) is 0 Å². The average molecular weight is 604 g/mol. The Morgan fingerprint density at radius 2 is 1.23 bits per heavy atom. The van der Waals surface area contributed by atoms with Crippen LogP contribution in [0.25, 0.3) is 83.1 Å². The van der Waals surface area contributed by atoms with E-state index >= 15 is 0 Å². The van der Waals surface area contributed by atoms with Crippen molar-refractivity contribution in [3.8, 4) is 44.5 Å². The van der Waals surface area contributed by atoms with E-state index in [0.717, 1.165) is 44.5 Å². The van der Waals surface area contributed by atoms with Crippen LogP contribution in [0, 0.1) is 0 Å². The summed E-state index contributed by atoms with van der Waals surface area (Å²) in [4.78, 5) is 9.19. The van der Waals surface area contributed by atoms with E-state index in [1.165, 1.54) is 49.7 Å². The van der Waals surface area contributed by atoms with Crippen molar-refractivity contribution in [1.29, 1.82) is 0 Å². The van der Waals surface area contributed by atoms with Gasteiger partial charge in [-0.15, -0.1) is 0 Å². The van der Waals surface area contributed by atoms with Crippen LogP contribution in [0.1, 0.15) is 25.0 Å². The molecule has 10 rings (SSSR count). The average Bonchev–Trinajstić information content (AvgIpc) is 3.74. The van der Waals surface area contributed by atoms with Gasteiger partial charge in [-0.3, -0.25) is 9.38 Å². The van der Waals surface area contributed by atoms with Crippen molar-refractivity contribution in [3.63, 3.8) is 0 Å². The number of fused-ring (bicyclic) bond motifs is 9. The second kappa shape index (κ2) is 9.51. The largest absolute Gasteiger partial charge is 0.437 e. The van der Waals surface area contributed by atoms with Crippen LogP contribution in [0.4, 0.5) is 0 Å². The molecule has 9 aromatic rings. The molecule has 0 radical (unpaired) electrons. The number of hydrogen-bond donors (Lipinski definition) is 0. The van der Waals surface area contributed by atoms with E-state index in [0.29, 0.717) is 0 Å². The second-order valence-corrected chi connectivity index (χ2v) is 13.2. The lowest BCUT2D eigenvalue weighted by molar-refractivity contribution is 0.649. The lowest BCUT2D eigenvalue weighted by atomic mass is 9.81. The van der Waals surface area contributed by atoms with Gasteiger partial charge in [-0.1, -0.05) is 80.6 Å². The topological polar surface area (TPSA) is 43.3 Å². The third kappa shape index (κ3) is 3.88. The van der Waals surface area contributed by atoms with Crippen LogP contribution in [0.2, 0.25) is 0 Å². The molecule has 0 N–H and O–H groups in total. The molecule has 0 unspecified atom stereocenters. The first-order valence-electron chi connectivity index (χ1n) is 16.1. The minimum atomic E-state index is -0.102. The highest BCUT2D eigenvalue weighted by Crippen LogP contribution is 2.50. The molecule has 4 heterocycles. The number of aromatic nitrogens is 3. The Labute approximate surface area is 271 Å². The van der Waals surface area contributed by atoms with E-state index in [2.05, 4.69) is 126 Å². The lowest BCUT2D eigenvalue weighted by Crippen LogP contribution is -2.15. The van der Waals surface area contributed by atoms with Crippen molar-refractivity contribution >= 4 is 38.6 Å². The molecule has 0 atom stereocenters. The highest BCUT2D eigenvalue weighted by molar-refractivity contribution is 6.03. The van der Waals surface area contributed by atoms with Crippen LogP contribution in [-0.4, -0.2) is 14.4 Å². The summed E-state index contributed by atoms with van der Waals surface area (Å²) in [6, 6.07) is 43.8. The zero-order chi connectivity index (χ0) is 31.3. The molecule has 4 aromatic heterocycles. The third-order valence-electron chi connectivity index (χ3n) is 10.1. The number of hydrogen-bond acceptors (Lipinski definition) is 3. The maximum Gasteiger partial charge on any atom is 0.232 e. The van der Waals surface area contributed by atoms with Gasteiger partial charge >= 0.3 is 0 Å². The first-order valence-corrected chi connectivity index (χ1v) is 16.1. The normalized spacial score (nSPS) is 13.5. The van der Waals surface area contributed by atoms with Gasteiger partial charge in [0.1, 0.15) is 16.7 Å². The monoisotopic (exact) mass is 603 g/mol. The molecule has 0 aliphatic heterocycles. The first-order chi connectivity index (χ1) is 23.0. The summed E-state index contributed by atoms with van der Waals surface area (Å²) in [5.74, 6) is 0. The van der Waals surface area contributed by atoms with Crippen LogP contribution < -0.4 is 0 Å². The maximum atomic E-state index is 6.20. The number of furan rings is 1. The molecule has 0 saturated carbocycles. The summed E-state index contributed by atoms with van der Waals surface area (Å²) >= 11 is 0. The fraction of sp³-hybridized carbons (Fsp3) is 0.0698. The van der Waals surface area contributed by atoms with Crippen LogP contribution in [0.15, 0.2) is 144 Å². The number of benzene rings is 5. The third-order valence-corrected chi connectivity index (χ3v) is 10.1. The highest BCUT2D eigenvalue weighted by atomic mass is 16.3. The molecule has 222 valence electrons. The molecule has 4 nitrogen and oxygen atoms in total. The number of nitrogens with zero attached hydrogens (tertiary/aromatic N) is 3. The standard InChI is InChI=1S/C43H29N3O/c1-43(2)37-22-30(13-16-34(37)35-17-14-31(23-38(35)43)32-6-5-19-44-24-32)28-10-9-27-21-29(12-11-26(27)20-28)33-15-18-40-45-41-36-7-3-4-8-39(36)47-42(41)46(40)25-33/h3-25H,1-2H3. The van der Waals surface area contributed by atoms with Gasteiger partial charge in [0.05, 0.1) is 0 Å². The molecular formula is C43H29N3O. The molecule has 0 bridgehead atoms. The molecule has 1 aliphatic carbocycles. The fourth-order valence-electron chi connectivity index (χ4n) is 7.56. The van der Waals surface area contributed by atoms with Crippen molar-refractivity contribution in [2.75, 3.05) is 0 Å². The van der Waals surface area contributed by atoms with Gasteiger partial charge in [-0.2, -0.15) is 0 Å². The van der Waals surface area contributed by atoms with E-state index in [-0.39, 0.29) is 5.41 Å². The van der Waals surface area contributed by atoms with Crippen LogP contribution in [0.5, 0.6) is 0 Å². The highest BCUT2D eigenvalue weighted by Gasteiger charge is 2.35. The second-order valence-electron chi connectivity index (χ2n) is 13.2. The minimum Gasteiger partial charge on any atom is -0.437 e. The Hall–Kier alpha value is -6.00. The summed E-state index contributed by atoms with van der Waals surface area (Å²) in [6.45, 7) is 4.69. The van der Waals surface area contributed by atoms with Crippen LogP contribution in [-0.2, 0) is 5.41 Å². The van der Waals surface area contributed by atoms with Gasteiger partial charge in [0, 0.05) is 29.4 Å². The molecule has 0 saturated heterocycles. The number of para-hydroxylation sites is 1. The predicted molar refractivity (Wildman–Crippen MR) is 192 cm³/mol. The zero-order valence-corrected chi connectivity index (χ0v) is 26.0. The molecule has 1 aliphatic rings. The number of pyridine rings is 2. The van der Waals surface area contributed by atoms with E-state index in [1.54, 1.807) is 0 Å². The first kappa shape index (κ1) is 26.2. The van der Waals surface area contributed by atoms with E-state index in [9.17, 15) is 0 Å². The predicted octanol–water partition coefficient (Wildman–Crippen LogP) is 11.1. The van der Waals surface area contributed by atoms with Gasteiger partial charge in [0.2, 0.25) is 5.71 Å².